The first-order chi connectivity index (χ1) is 10.3. The van der Waals surface area contributed by atoms with Crippen molar-refractivity contribution in [3.63, 3.8) is 0 Å². The van der Waals surface area contributed by atoms with Gasteiger partial charge in [0, 0.05) is 31.0 Å². The normalized spacial score (nSPS) is 12.9. The van der Waals surface area contributed by atoms with Gasteiger partial charge in [0.2, 0.25) is 0 Å². The van der Waals surface area contributed by atoms with Crippen LogP contribution >= 0.6 is 0 Å². The second-order valence-corrected chi connectivity index (χ2v) is 4.69. The van der Waals surface area contributed by atoms with Crippen LogP contribution in [-0.4, -0.2) is 29.5 Å². The highest BCUT2D eigenvalue weighted by Gasteiger charge is 2.19. The van der Waals surface area contributed by atoms with E-state index in [1.165, 1.54) is 5.56 Å². The maximum Gasteiger partial charge on any atom is 0.133 e. The van der Waals surface area contributed by atoms with Crippen LogP contribution in [0.3, 0.4) is 0 Å². The number of rotatable bonds is 2. The molecule has 5 N–H and O–H groups in total. The van der Waals surface area contributed by atoms with Crippen LogP contribution in [0.2, 0.25) is 0 Å². The molecule has 0 aliphatic carbocycles. The molecule has 0 saturated heterocycles. The van der Waals surface area contributed by atoms with E-state index in [2.05, 4.69) is 10.3 Å². The minimum absolute atomic E-state index is 0.453. The lowest BCUT2D eigenvalue weighted by Crippen LogP contribution is -2.26. The van der Waals surface area contributed by atoms with Gasteiger partial charge in [0.1, 0.15) is 5.82 Å². The van der Waals surface area contributed by atoms with Crippen molar-refractivity contribution < 1.29 is 5.11 Å². The van der Waals surface area contributed by atoms with Gasteiger partial charge in [-0.15, -0.1) is 0 Å². The van der Waals surface area contributed by atoms with E-state index in [4.69, 9.17) is 16.2 Å². The Kier molecular flexibility index (Phi) is 5.03. The number of aliphatic hydroxyl groups is 1. The van der Waals surface area contributed by atoms with E-state index < -0.39 is 0 Å². The molecule has 3 rings (SSSR count). The third-order valence-corrected chi connectivity index (χ3v) is 3.48. The third-order valence-electron chi connectivity index (χ3n) is 3.48. The first kappa shape index (κ1) is 15.2. The monoisotopic (exact) mass is 284 g/mol. The van der Waals surface area contributed by atoms with Crippen molar-refractivity contribution in [2.45, 2.75) is 13.0 Å². The second kappa shape index (κ2) is 6.97. The average Bonchev–Trinajstić information content (AvgIpc) is 2.57. The minimum atomic E-state index is 0.453. The van der Waals surface area contributed by atoms with Crippen LogP contribution in [0.1, 0.15) is 22.3 Å². The first-order valence-electron chi connectivity index (χ1n) is 6.83. The van der Waals surface area contributed by atoms with Crippen LogP contribution < -0.4 is 11.1 Å². The fourth-order valence-corrected chi connectivity index (χ4v) is 2.51. The number of nitrogens with zero attached hydrogens (tertiary/aromatic N) is 1. The lowest BCUT2D eigenvalue weighted by Gasteiger charge is -2.21. The number of aliphatic hydroxyl groups excluding tert-OH is 1. The minimum Gasteiger partial charge on any atom is -0.400 e. The first-order valence-corrected chi connectivity index (χ1v) is 6.83. The van der Waals surface area contributed by atoms with E-state index >= 15 is 0 Å². The van der Waals surface area contributed by atoms with Gasteiger partial charge in [-0.2, -0.15) is 0 Å². The van der Waals surface area contributed by atoms with Crippen LogP contribution in [0.5, 0.6) is 0 Å². The summed E-state index contributed by atoms with van der Waals surface area (Å²) in [5.74, 6) is 0.453. The van der Waals surface area contributed by atoms with Gasteiger partial charge in [0.05, 0.1) is 5.71 Å². The molecule has 0 spiro atoms. The van der Waals surface area contributed by atoms with Crippen molar-refractivity contribution in [3.8, 4) is 0 Å². The van der Waals surface area contributed by atoms with Crippen LogP contribution in [-0.2, 0) is 13.0 Å². The Morgan fingerprint density at radius 1 is 1.29 bits per heavy atom. The maximum absolute atomic E-state index is 8.41. The molecule has 1 aromatic carbocycles. The number of anilines is 1. The molecule has 1 aromatic heterocycles. The van der Waals surface area contributed by atoms with Crippen LogP contribution in [0.15, 0.2) is 36.5 Å². The highest BCUT2D eigenvalue weighted by atomic mass is 16.2. The number of hydrogen-bond acceptors (Lipinski definition) is 5. The molecule has 1 aliphatic heterocycles. The molecule has 21 heavy (non-hydrogen) atoms. The summed E-state index contributed by atoms with van der Waals surface area (Å²) in [6, 6.07) is 9.68. The van der Waals surface area contributed by atoms with Crippen molar-refractivity contribution in [3.05, 3.63) is 58.8 Å². The van der Waals surface area contributed by atoms with E-state index in [1.807, 2.05) is 36.5 Å². The van der Waals surface area contributed by atoms with Crippen LogP contribution in [0, 0.1) is 5.41 Å². The molecule has 110 valence electrons. The predicted molar refractivity (Wildman–Crippen MR) is 84.6 cm³/mol. The zero-order chi connectivity index (χ0) is 15.2. The quantitative estimate of drug-likeness (QED) is 0.626. The largest absolute Gasteiger partial charge is 0.400 e. The van der Waals surface area contributed by atoms with E-state index in [9.17, 15) is 0 Å². The summed E-state index contributed by atoms with van der Waals surface area (Å²) in [5.41, 5.74) is 10.5. The van der Waals surface area contributed by atoms with E-state index in [0.717, 1.165) is 43.3 Å². The fourth-order valence-electron chi connectivity index (χ4n) is 2.51. The molecule has 5 nitrogen and oxygen atoms in total. The molecular formula is C16H20N4O. The number of nitrogens with two attached hydrogens (primary N) is 1. The van der Waals surface area contributed by atoms with Gasteiger partial charge in [-0.1, -0.05) is 30.3 Å². The molecule has 2 heterocycles. The molecule has 0 amide bonds. The number of nitrogens with one attached hydrogen (secondary N) is 2. The Morgan fingerprint density at radius 2 is 2.00 bits per heavy atom. The summed E-state index contributed by atoms with van der Waals surface area (Å²) < 4.78 is 0. The van der Waals surface area contributed by atoms with Gasteiger partial charge in [0.15, 0.2) is 0 Å². The van der Waals surface area contributed by atoms with Crippen molar-refractivity contribution in [1.29, 1.82) is 5.41 Å². The molecule has 2 aromatic rings. The van der Waals surface area contributed by atoms with E-state index in [0.29, 0.717) is 11.5 Å². The molecule has 0 unspecified atom stereocenters. The third kappa shape index (κ3) is 3.09. The summed E-state index contributed by atoms with van der Waals surface area (Å²) >= 11 is 0. The van der Waals surface area contributed by atoms with E-state index in [1.54, 1.807) is 0 Å². The van der Waals surface area contributed by atoms with Crippen LogP contribution in [0.25, 0.3) is 0 Å². The zero-order valence-electron chi connectivity index (χ0n) is 12.1. The van der Waals surface area contributed by atoms with Crippen molar-refractivity contribution in [2.24, 2.45) is 0 Å². The molecule has 0 bridgehead atoms. The van der Waals surface area contributed by atoms with Gasteiger partial charge >= 0.3 is 0 Å². The molecule has 0 radical (unpaired) electrons. The van der Waals surface area contributed by atoms with Gasteiger partial charge in [-0.3, -0.25) is 5.41 Å². The SMILES string of the molecule is CO.N=C(c1ccccc1)c1c(N)ncc2c1CCNC2. The molecule has 0 atom stereocenters. The Balaban J connectivity index is 0.000000774. The van der Waals surface area contributed by atoms with Crippen molar-refractivity contribution in [2.75, 3.05) is 19.4 Å². The molecular weight excluding hydrogens is 264 g/mol. The van der Waals surface area contributed by atoms with Gasteiger partial charge in [-0.25, -0.2) is 4.98 Å². The number of pyridine rings is 1. The summed E-state index contributed by atoms with van der Waals surface area (Å²) in [6.07, 6.45) is 2.71. The maximum atomic E-state index is 8.41. The predicted octanol–water partition coefficient (Wildman–Crippen LogP) is 1.33. The molecule has 1 aliphatic rings. The highest BCUT2D eigenvalue weighted by Crippen LogP contribution is 2.24. The highest BCUT2D eigenvalue weighted by molar-refractivity contribution is 6.14. The molecule has 0 fully saturated rings. The zero-order valence-corrected chi connectivity index (χ0v) is 12.1. The smallest absolute Gasteiger partial charge is 0.133 e. The van der Waals surface area contributed by atoms with Crippen molar-refractivity contribution >= 4 is 11.5 Å². The Bertz CT molecular complexity index is 626. The Hall–Kier alpha value is -2.24. The van der Waals surface area contributed by atoms with E-state index in [-0.39, 0.29) is 0 Å². The van der Waals surface area contributed by atoms with Gasteiger partial charge in [-0.05, 0) is 24.1 Å². The lowest BCUT2D eigenvalue weighted by atomic mass is 9.92. The standard InChI is InChI=1S/C15H16N4.CH4O/c16-14(10-4-2-1-3-5-10)13-12-6-7-18-8-11(12)9-19-15(13)17;1-2/h1-5,9,16,18H,6-8H2,(H2,17,19);2H,1H3. The second-order valence-electron chi connectivity index (χ2n) is 4.69. The molecule has 0 saturated carbocycles. The lowest BCUT2D eigenvalue weighted by molar-refractivity contribution is 0.399. The summed E-state index contributed by atoms with van der Waals surface area (Å²) in [4.78, 5) is 4.24. The average molecular weight is 284 g/mol. The van der Waals surface area contributed by atoms with Crippen molar-refractivity contribution in [1.82, 2.24) is 10.3 Å². The van der Waals surface area contributed by atoms with Gasteiger partial charge in [0.25, 0.3) is 0 Å². The molecule has 5 heteroatoms. The number of hydrogen-bond donors (Lipinski definition) is 4. The number of fused-ring (bicyclic) bond motifs is 1. The Labute approximate surface area is 124 Å². The summed E-state index contributed by atoms with van der Waals surface area (Å²) in [6.45, 7) is 1.73. The number of nitrogen functional groups attached to an aromatic ring is 1. The topological polar surface area (TPSA) is 95.0 Å². The van der Waals surface area contributed by atoms with Crippen LogP contribution in [0.4, 0.5) is 5.82 Å². The number of aromatic nitrogens is 1. The summed E-state index contributed by atoms with van der Waals surface area (Å²) in [5, 5.41) is 18.7. The summed E-state index contributed by atoms with van der Waals surface area (Å²) in [7, 11) is 1.00. The fraction of sp³-hybridized carbons (Fsp3) is 0.250. The number of benzene rings is 1. The Morgan fingerprint density at radius 3 is 2.71 bits per heavy atom. The van der Waals surface area contributed by atoms with Gasteiger partial charge < -0.3 is 16.2 Å².